The molecule has 8 heteroatoms. The Bertz CT molecular complexity index is 771. The van der Waals surface area contributed by atoms with Gasteiger partial charge < -0.3 is 19.8 Å². The van der Waals surface area contributed by atoms with E-state index in [0.29, 0.717) is 5.88 Å². The number of benzene rings is 2. The van der Waals surface area contributed by atoms with Crippen LogP contribution in [0.25, 0.3) is 10.9 Å². The summed E-state index contributed by atoms with van der Waals surface area (Å²) in [6, 6.07) is 16.3. The highest BCUT2D eigenvalue weighted by Gasteiger charge is 2.28. The minimum Gasteiger partial charge on any atom is -0.484 e. The van der Waals surface area contributed by atoms with Gasteiger partial charge in [0.25, 0.3) is 0 Å². The molecule has 0 radical (unpaired) electrons. The number of anilines is 1. The predicted molar refractivity (Wildman–Crippen MR) is 97.2 cm³/mol. The van der Waals surface area contributed by atoms with Crippen LogP contribution in [-0.2, 0) is 0 Å². The summed E-state index contributed by atoms with van der Waals surface area (Å²) in [4.78, 5) is 3.09. The molecule has 1 aromatic heterocycles. The normalized spacial score (nSPS) is 10.8. The number of hydrogen-bond acceptors (Lipinski definition) is 3. The maximum Gasteiger partial charge on any atom is 0.422 e. The number of aromatic nitrogens is 1. The van der Waals surface area contributed by atoms with Gasteiger partial charge >= 0.3 is 6.18 Å². The lowest BCUT2D eigenvalue weighted by molar-refractivity contribution is -0.153. The Morgan fingerprint density at radius 1 is 1.04 bits per heavy atom. The van der Waals surface area contributed by atoms with Crippen molar-refractivity contribution < 1.29 is 22.6 Å². The van der Waals surface area contributed by atoms with Gasteiger partial charge in [0.05, 0.1) is 0 Å². The van der Waals surface area contributed by atoms with Crippen LogP contribution in [0, 0.1) is 0 Å². The molecule has 3 rings (SSSR count). The SMILES string of the molecule is CNc1ccc(OCC(F)(F)F)cc1.ClCOc1cc2ccccc2[nH]1. The monoisotopic (exact) mass is 386 g/mol. The van der Waals surface area contributed by atoms with Crippen LogP contribution in [-0.4, -0.2) is 30.9 Å². The van der Waals surface area contributed by atoms with Gasteiger partial charge in [-0.2, -0.15) is 13.2 Å². The second-order valence-corrected chi connectivity index (χ2v) is 5.37. The molecular weight excluding hydrogens is 369 g/mol. The molecule has 4 nitrogen and oxygen atoms in total. The molecule has 0 amide bonds. The zero-order valence-corrected chi connectivity index (χ0v) is 14.7. The number of aromatic amines is 1. The Kier molecular flexibility index (Phi) is 7.03. The van der Waals surface area contributed by atoms with E-state index in [1.807, 2.05) is 30.3 Å². The minimum absolute atomic E-state index is 0.173. The second kappa shape index (κ2) is 9.24. The van der Waals surface area contributed by atoms with E-state index < -0.39 is 12.8 Å². The van der Waals surface area contributed by atoms with Gasteiger partial charge in [0, 0.05) is 29.7 Å². The van der Waals surface area contributed by atoms with Crippen LogP contribution in [0.3, 0.4) is 0 Å². The van der Waals surface area contributed by atoms with Crippen LogP contribution in [0.2, 0.25) is 0 Å². The fraction of sp³-hybridized carbons (Fsp3) is 0.222. The fourth-order valence-electron chi connectivity index (χ4n) is 2.07. The summed E-state index contributed by atoms with van der Waals surface area (Å²) < 4.78 is 44.9. The molecule has 0 aliphatic rings. The van der Waals surface area contributed by atoms with Gasteiger partial charge in [0.15, 0.2) is 18.6 Å². The molecule has 2 N–H and O–H groups in total. The Hall–Kier alpha value is -2.54. The summed E-state index contributed by atoms with van der Waals surface area (Å²) in [6.45, 7) is -1.26. The van der Waals surface area contributed by atoms with Crippen molar-refractivity contribution in [1.29, 1.82) is 0 Å². The minimum atomic E-state index is -4.29. The standard InChI is InChI=1S/C9H8ClNO.C9H10F3NO/c10-6-12-9-5-7-3-1-2-4-8(7)11-9;1-13-7-2-4-8(5-3-7)14-6-9(10,11)12/h1-5,11H,6H2;2-5,13H,6H2,1H3. The number of alkyl halides is 4. The second-order valence-electron chi connectivity index (χ2n) is 5.15. The van der Waals surface area contributed by atoms with E-state index in [0.717, 1.165) is 16.6 Å². The first-order valence-corrected chi connectivity index (χ1v) is 8.18. The number of para-hydroxylation sites is 1. The Balaban J connectivity index is 0.000000189. The van der Waals surface area contributed by atoms with E-state index >= 15 is 0 Å². The van der Waals surface area contributed by atoms with Crippen molar-refractivity contribution in [2.45, 2.75) is 6.18 Å². The van der Waals surface area contributed by atoms with E-state index in [1.165, 1.54) is 12.1 Å². The van der Waals surface area contributed by atoms with Gasteiger partial charge in [-0.25, -0.2) is 0 Å². The van der Waals surface area contributed by atoms with Crippen molar-refractivity contribution in [3.63, 3.8) is 0 Å². The molecule has 0 aliphatic carbocycles. The highest BCUT2D eigenvalue weighted by atomic mass is 35.5. The van der Waals surface area contributed by atoms with Gasteiger partial charge in [0.1, 0.15) is 5.75 Å². The van der Waals surface area contributed by atoms with Crippen molar-refractivity contribution in [2.75, 3.05) is 25.0 Å². The number of ether oxygens (including phenoxy) is 2. The first-order chi connectivity index (χ1) is 12.4. The lowest BCUT2D eigenvalue weighted by Gasteiger charge is -2.09. The number of rotatable bonds is 5. The summed E-state index contributed by atoms with van der Waals surface area (Å²) in [5.74, 6) is 0.924. The van der Waals surface area contributed by atoms with Crippen LogP contribution in [0.4, 0.5) is 18.9 Å². The third-order valence-corrected chi connectivity index (χ3v) is 3.37. The molecule has 0 saturated heterocycles. The number of H-pyrrole nitrogens is 1. The van der Waals surface area contributed by atoms with Crippen LogP contribution in [0.5, 0.6) is 11.6 Å². The summed E-state index contributed by atoms with van der Waals surface area (Å²) >= 11 is 5.42. The Morgan fingerprint density at radius 2 is 1.73 bits per heavy atom. The molecular formula is C18H18ClF3N2O2. The molecule has 1 heterocycles. The van der Waals surface area contributed by atoms with Gasteiger partial charge in [-0.3, -0.25) is 0 Å². The van der Waals surface area contributed by atoms with E-state index in [4.69, 9.17) is 16.3 Å². The van der Waals surface area contributed by atoms with Crippen LogP contribution in [0.15, 0.2) is 54.6 Å². The third-order valence-electron chi connectivity index (χ3n) is 3.26. The quantitative estimate of drug-likeness (QED) is 0.576. The molecule has 0 atom stereocenters. The molecule has 0 fully saturated rings. The van der Waals surface area contributed by atoms with Gasteiger partial charge in [0.2, 0.25) is 0 Å². The van der Waals surface area contributed by atoms with Crippen molar-refractivity contribution in [3.8, 4) is 11.6 Å². The van der Waals surface area contributed by atoms with Crippen LogP contribution >= 0.6 is 11.6 Å². The van der Waals surface area contributed by atoms with E-state index in [-0.39, 0.29) is 11.8 Å². The van der Waals surface area contributed by atoms with Crippen LogP contribution in [0.1, 0.15) is 0 Å². The zero-order valence-electron chi connectivity index (χ0n) is 13.9. The maximum atomic E-state index is 11.7. The van der Waals surface area contributed by atoms with E-state index in [9.17, 15) is 13.2 Å². The number of nitrogens with one attached hydrogen (secondary N) is 2. The number of fused-ring (bicyclic) bond motifs is 1. The smallest absolute Gasteiger partial charge is 0.422 e. The average Bonchev–Trinajstić information content (AvgIpc) is 3.03. The van der Waals surface area contributed by atoms with Crippen LogP contribution < -0.4 is 14.8 Å². The van der Waals surface area contributed by atoms with Gasteiger partial charge in [-0.1, -0.05) is 29.8 Å². The van der Waals surface area contributed by atoms with Gasteiger partial charge in [-0.05, 0) is 30.3 Å². The topological polar surface area (TPSA) is 46.3 Å². The summed E-state index contributed by atoms with van der Waals surface area (Å²) in [5, 5.41) is 3.99. The molecule has 2 aromatic carbocycles. The Morgan fingerprint density at radius 3 is 2.31 bits per heavy atom. The highest BCUT2D eigenvalue weighted by Crippen LogP contribution is 2.20. The molecule has 0 spiro atoms. The van der Waals surface area contributed by atoms with Crippen molar-refractivity contribution >= 4 is 28.2 Å². The molecule has 0 aliphatic heterocycles. The highest BCUT2D eigenvalue weighted by molar-refractivity contribution is 6.17. The summed E-state index contributed by atoms with van der Waals surface area (Å²) in [5.41, 5.74) is 1.89. The molecule has 0 bridgehead atoms. The number of halogens is 4. The van der Waals surface area contributed by atoms with Gasteiger partial charge in [-0.15, -0.1) is 0 Å². The Labute approximate surface area is 153 Å². The molecule has 140 valence electrons. The van der Waals surface area contributed by atoms with Crippen molar-refractivity contribution in [2.24, 2.45) is 0 Å². The summed E-state index contributed by atoms with van der Waals surface area (Å²) in [6.07, 6.45) is -4.29. The molecule has 0 saturated carbocycles. The average molecular weight is 387 g/mol. The fourth-order valence-corrected chi connectivity index (χ4v) is 2.18. The zero-order chi connectivity index (χ0) is 19.0. The number of hydrogen-bond donors (Lipinski definition) is 2. The van der Waals surface area contributed by atoms with E-state index in [2.05, 4.69) is 15.0 Å². The molecule has 0 unspecified atom stereocenters. The molecule has 26 heavy (non-hydrogen) atoms. The lowest BCUT2D eigenvalue weighted by Crippen LogP contribution is -2.19. The molecule has 3 aromatic rings. The predicted octanol–water partition coefficient (Wildman–Crippen LogP) is 5.41. The summed E-state index contributed by atoms with van der Waals surface area (Å²) in [7, 11) is 1.73. The first-order valence-electron chi connectivity index (χ1n) is 7.65. The first kappa shape index (κ1) is 19.8. The largest absolute Gasteiger partial charge is 0.484 e. The van der Waals surface area contributed by atoms with E-state index in [1.54, 1.807) is 19.2 Å². The maximum absolute atomic E-state index is 11.7. The lowest BCUT2D eigenvalue weighted by atomic mass is 10.3. The van der Waals surface area contributed by atoms with Crippen molar-refractivity contribution in [3.05, 3.63) is 54.6 Å². The van der Waals surface area contributed by atoms with Crippen molar-refractivity contribution in [1.82, 2.24) is 4.98 Å². The third kappa shape index (κ3) is 6.40.